The van der Waals surface area contributed by atoms with Gasteiger partial charge >= 0.3 is 6.09 Å². The third-order valence-corrected chi connectivity index (χ3v) is 6.36. The van der Waals surface area contributed by atoms with E-state index in [2.05, 4.69) is 15.3 Å². The van der Waals surface area contributed by atoms with Crippen LogP contribution in [-0.4, -0.2) is 57.8 Å². The fraction of sp³-hybridized carbons (Fsp3) is 0.423. The van der Waals surface area contributed by atoms with Crippen LogP contribution in [0.3, 0.4) is 0 Å². The molecule has 1 aliphatic heterocycles. The van der Waals surface area contributed by atoms with Crippen LogP contribution in [0.25, 0.3) is 11.0 Å². The van der Waals surface area contributed by atoms with E-state index in [4.69, 9.17) is 19.3 Å². The smallest absolute Gasteiger partial charge is 0.409 e. The number of aliphatic hydroxyl groups is 2. The molecule has 0 spiro atoms. The summed E-state index contributed by atoms with van der Waals surface area (Å²) in [5.41, 5.74) is 2.36. The van der Waals surface area contributed by atoms with Crippen LogP contribution in [0.15, 0.2) is 42.6 Å². The van der Waals surface area contributed by atoms with E-state index in [1.54, 1.807) is 30.5 Å². The molecule has 10 heteroatoms. The van der Waals surface area contributed by atoms with Gasteiger partial charge in [-0.3, -0.25) is 5.32 Å². The number of nitrogens with zero attached hydrogens (tertiary/aromatic N) is 2. The molecule has 192 valence electrons. The van der Waals surface area contributed by atoms with Gasteiger partial charge in [0.15, 0.2) is 11.5 Å². The number of anilines is 1. The van der Waals surface area contributed by atoms with E-state index in [0.29, 0.717) is 52.9 Å². The number of carboxylic acid groups (broad SMARTS) is 1. The number of carbonyl (C=O) groups is 1. The lowest BCUT2D eigenvalue weighted by Gasteiger charge is -2.30. The third-order valence-electron chi connectivity index (χ3n) is 6.36. The first-order valence-electron chi connectivity index (χ1n) is 12.0. The number of aromatic nitrogens is 2. The lowest BCUT2D eigenvalue weighted by Crippen LogP contribution is -2.29. The highest BCUT2D eigenvalue weighted by Gasteiger charge is 2.30. The maximum absolute atomic E-state index is 10.6. The number of hydrogen-bond acceptors (Lipinski definition) is 8. The molecule has 0 bridgehead atoms. The number of hydrogen-bond donors (Lipinski definition) is 4. The number of amides is 1. The van der Waals surface area contributed by atoms with E-state index < -0.39 is 18.3 Å². The first-order chi connectivity index (χ1) is 17.5. The molecule has 4 N–H and O–H groups in total. The summed E-state index contributed by atoms with van der Waals surface area (Å²) in [6.07, 6.45) is 4.14. The molecule has 1 fully saturated rings. The fourth-order valence-corrected chi connectivity index (χ4v) is 4.54. The summed E-state index contributed by atoms with van der Waals surface area (Å²) in [7, 11) is 1.53. The van der Waals surface area contributed by atoms with Gasteiger partial charge in [0.1, 0.15) is 19.3 Å². The molecule has 0 unspecified atom stereocenters. The molecule has 3 aromatic rings. The minimum absolute atomic E-state index is 0.151. The first-order valence-corrected chi connectivity index (χ1v) is 12.0. The molecule has 1 aliphatic carbocycles. The van der Waals surface area contributed by atoms with Crippen LogP contribution < -0.4 is 19.5 Å². The average Bonchev–Trinajstić information content (AvgIpc) is 2.92. The molecule has 2 aromatic carbocycles. The molecule has 5 rings (SSSR count). The van der Waals surface area contributed by atoms with Gasteiger partial charge in [-0.1, -0.05) is 31.4 Å². The second-order valence-electron chi connectivity index (χ2n) is 8.75. The van der Waals surface area contributed by atoms with Crippen molar-refractivity contribution in [2.75, 3.05) is 25.6 Å². The summed E-state index contributed by atoms with van der Waals surface area (Å²) >= 11 is 0. The predicted octanol–water partition coefficient (Wildman–Crippen LogP) is 4.16. The highest BCUT2D eigenvalue weighted by molar-refractivity contribution is 5.83. The standard InChI is InChI=1S/C17H22N2O3.C9H9NO4/c1-22-14-10-18-13-9-5-8-12(15(13)19-14)17(21)16(20)11-6-3-2-4-7-11;11-9(12)10-6-1-2-7-8(5-6)14-4-3-13-7/h5,8-11,16-17,20-21H,2-4,6-7H2,1H3;1-2,5,10H,3-4H2,(H,11,12)/t16-,17-;/m1./s1. The minimum atomic E-state index is -1.10. The summed E-state index contributed by atoms with van der Waals surface area (Å²) in [6.45, 7) is 1.02. The highest BCUT2D eigenvalue weighted by Crippen LogP contribution is 2.34. The van der Waals surface area contributed by atoms with Crippen molar-refractivity contribution in [2.45, 2.75) is 44.3 Å². The number of fused-ring (bicyclic) bond motifs is 2. The Hall–Kier alpha value is -3.63. The first kappa shape index (κ1) is 25.5. The maximum Gasteiger partial charge on any atom is 0.409 e. The molecule has 10 nitrogen and oxygen atoms in total. The number of aliphatic hydroxyl groups excluding tert-OH is 2. The monoisotopic (exact) mass is 497 g/mol. The Kier molecular flexibility index (Phi) is 8.40. The minimum Gasteiger partial charge on any atom is -0.486 e. The maximum atomic E-state index is 10.6. The zero-order valence-electron chi connectivity index (χ0n) is 20.1. The fourth-order valence-electron chi connectivity index (χ4n) is 4.54. The second kappa shape index (κ2) is 11.9. The Bertz CT molecular complexity index is 1180. The molecule has 2 aliphatic rings. The van der Waals surface area contributed by atoms with Crippen molar-refractivity contribution >= 4 is 22.8 Å². The number of nitrogens with one attached hydrogen (secondary N) is 1. The van der Waals surface area contributed by atoms with Gasteiger partial charge < -0.3 is 29.5 Å². The predicted molar refractivity (Wildman–Crippen MR) is 133 cm³/mol. The van der Waals surface area contributed by atoms with E-state index in [1.807, 2.05) is 12.1 Å². The molecule has 2 atom stereocenters. The van der Waals surface area contributed by atoms with Crippen molar-refractivity contribution in [3.63, 3.8) is 0 Å². The molecular formula is C26H31N3O7. The molecule has 1 amide bonds. The van der Waals surface area contributed by atoms with Crippen LogP contribution in [0.2, 0.25) is 0 Å². The molecule has 1 saturated carbocycles. The molecular weight excluding hydrogens is 466 g/mol. The normalized spacial score (nSPS) is 16.9. The van der Waals surface area contributed by atoms with Gasteiger partial charge in [-0.05, 0) is 37.0 Å². The van der Waals surface area contributed by atoms with Crippen LogP contribution >= 0.6 is 0 Å². The number of ether oxygens (including phenoxy) is 3. The van der Waals surface area contributed by atoms with Gasteiger partial charge in [-0.25, -0.2) is 14.8 Å². The zero-order valence-corrected chi connectivity index (χ0v) is 20.1. The molecule has 0 saturated heterocycles. The van der Waals surface area contributed by atoms with Crippen LogP contribution in [0, 0.1) is 5.92 Å². The van der Waals surface area contributed by atoms with E-state index in [-0.39, 0.29) is 5.92 Å². The molecule has 2 heterocycles. The van der Waals surface area contributed by atoms with Crippen LogP contribution in [0.4, 0.5) is 10.5 Å². The van der Waals surface area contributed by atoms with Gasteiger partial charge in [0.05, 0.1) is 30.4 Å². The van der Waals surface area contributed by atoms with Crippen molar-refractivity contribution in [3.8, 4) is 17.4 Å². The van der Waals surface area contributed by atoms with Gasteiger partial charge in [-0.15, -0.1) is 0 Å². The quantitative estimate of drug-likeness (QED) is 0.408. The number of para-hydroxylation sites is 1. The van der Waals surface area contributed by atoms with Crippen molar-refractivity contribution in [1.82, 2.24) is 9.97 Å². The Morgan fingerprint density at radius 3 is 2.56 bits per heavy atom. The van der Waals surface area contributed by atoms with E-state index >= 15 is 0 Å². The molecule has 0 radical (unpaired) electrons. The number of rotatable bonds is 5. The lowest BCUT2D eigenvalue weighted by molar-refractivity contribution is -0.0279. The van der Waals surface area contributed by atoms with Crippen molar-refractivity contribution < 1.29 is 34.3 Å². The van der Waals surface area contributed by atoms with Crippen LogP contribution in [0.1, 0.15) is 43.8 Å². The highest BCUT2D eigenvalue weighted by atomic mass is 16.6. The summed E-state index contributed by atoms with van der Waals surface area (Å²) in [6, 6.07) is 10.4. The number of methoxy groups -OCH3 is 1. The van der Waals surface area contributed by atoms with E-state index in [1.165, 1.54) is 13.5 Å². The topological polar surface area (TPSA) is 143 Å². The summed E-state index contributed by atoms with van der Waals surface area (Å²) in [5.74, 6) is 1.77. The van der Waals surface area contributed by atoms with Crippen LogP contribution in [-0.2, 0) is 0 Å². The van der Waals surface area contributed by atoms with Crippen molar-refractivity contribution in [2.24, 2.45) is 5.92 Å². The molecule has 1 aromatic heterocycles. The Labute approximate surface area is 208 Å². The van der Waals surface area contributed by atoms with Gasteiger partial charge in [0.2, 0.25) is 5.88 Å². The summed E-state index contributed by atoms with van der Waals surface area (Å²) in [5, 5.41) is 31.9. The van der Waals surface area contributed by atoms with Crippen LogP contribution in [0.5, 0.6) is 17.4 Å². The van der Waals surface area contributed by atoms with E-state index in [0.717, 1.165) is 25.7 Å². The van der Waals surface area contributed by atoms with E-state index in [9.17, 15) is 15.0 Å². The van der Waals surface area contributed by atoms with Gasteiger partial charge in [0.25, 0.3) is 0 Å². The third kappa shape index (κ3) is 6.13. The van der Waals surface area contributed by atoms with Gasteiger partial charge in [-0.2, -0.15) is 0 Å². The zero-order chi connectivity index (χ0) is 25.5. The Morgan fingerprint density at radius 1 is 1.08 bits per heavy atom. The van der Waals surface area contributed by atoms with Crippen molar-refractivity contribution in [3.05, 3.63) is 48.2 Å². The average molecular weight is 498 g/mol. The summed E-state index contributed by atoms with van der Waals surface area (Å²) < 4.78 is 15.7. The lowest BCUT2D eigenvalue weighted by atomic mass is 9.82. The Balaban J connectivity index is 0.000000187. The molecule has 36 heavy (non-hydrogen) atoms. The van der Waals surface area contributed by atoms with Crippen molar-refractivity contribution in [1.29, 1.82) is 0 Å². The largest absolute Gasteiger partial charge is 0.486 e. The van der Waals surface area contributed by atoms with Gasteiger partial charge in [0, 0.05) is 17.3 Å². The Morgan fingerprint density at radius 2 is 1.83 bits per heavy atom. The number of benzene rings is 2. The summed E-state index contributed by atoms with van der Waals surface area (Å²) in [4.78, 5) is 19.0. The second-order valence-corrected chi connectivity index (χ2v) is 8.75. The SMILES string of the molecule is COc1cnc2cccc([C@@H](O)[C@H](O)C3CCCCC3)c2n1.O=C(O)Nc1ccc2c(c1)OCCO2.